The number of ether oxygens (including phenoxy) is 3. The van der Waals surface area contributed by atoms with Crippen molar-refractivity contribution in [1.29, 1.82) is 0 Å². The Morgan fingerprint density at radius 3 is 0.754 bits per heavy atom. The first-order chi connectivity index (χ1) is 31.7. The molecule has 1 atom stereocenters. The van der Waals surface area contributed by atoms with Crippen LogP contribution < -0.4 is 0 Å². The molecule has 386 valence electrons. The third-order valence-corrected chi connectivity index (χ3v) is 13.5. The van der Waals surface area contributed by atoms with Gasteiger partial charge in [0.2, 0.25) is 0 Å². The highest BCUT2D eigenvalue weighted by Gasteiger charge is 2.19. The maximum Gasteiger partial charge on any atom is 0.306 e. The van der Waals surface area contributed by atoms with E-state index < -0.39 is 6.10 Å². The van der Waals surface area contributed by atoms with Gasteiger partial charge in [0, 0.05) is 19.3 Å². The van der Waals surface area contributed by atoms with Gasteiger partial charge >= 0.3 is 17.9 Å². The normalized spacial score (nSPS) is 12.0. The molecule has 0 amide bonds. The molecule has 0 spiro atoms. The second-order valence-corrected chi connectivity index (χ2v) is 21.2. The van der Waals surface area contributed by atoms with Gasteiger partial charge in [0.05, 0.1) is 0 Å². The molecule has 0 unspecified atom stereocenters. The Bertz CT molecular complexity index is 993. The van der Waals surface area contributed by atoms with Gasteiger partial charge in [0.25, 0.3) is 0 Å². The Kier molecular flexibility index (Phi) is 50.5. The summed E-state index contributed by atoms with van der Waals surface area (Å²) in [5, 5.41) is 0. The Morgan fingerprint density at radius 1 is 0.292 bits per heavy atom. The number of carbonyl (C=O) groups excluding carboxylic acids is 3. The van der Waals surface area contributed by atoms with Gasteiger partial charge in [-0.25, -0.2) is 0 Å². The molecule has 0 fully saturated rings. The van der Waals surface area contributed by atoms with E-state index in [1.54, 1.807) is 0 Å². The molecule has 0 rings (SSSR count). The van der Waals surface area contributed by atoms with Crippen molar-refractivity contribution in [2.24, 2.45) is 11.8 Å². The van der Waals surface area contributed by atoms with Crippen LogP contribution in [-0.4, -0.2) is 37.2 Å². The molecule has 0 heterocycles. The fourth-order valence-corrected chi connectivity index (χ4v) is 9.05. The molecule has 6 heteroatoms. The van der Waals surface area contributed by atoms with Crippen molar-refractivity contribution in [3.8, 4) is 0 Å². The summed E-state index contributed by atoms with van der Waals surface area (Å²) in [5.41, 5.74) is 0. The maximum absolute atomic E-state index is 12.9. The van der Waals surface area contributed by atoms with Gasteiger partial charge in [-0.2, -0.15) is 0 Å². The third-order valence-electron chi connectivity index (χ3n) is 13.5. The third kappa shape index (κ3) is 53.2. The smallest absolute Gasteiger partial charge is 0.306 e. The van der Waals surface area contributed by atoms with Crippen LogP contribution in [0.2, 0.25) is 0 Å². The quantitative estimate of drug-likeness (QED) is 0.0344. The molecule has 0 saturated carbocycles. The zero-order chi connectivity index (χ0) is 47.5. The van der Waals surface area contributed by atoms with E-state index in [0.29, 0.717) is 19.3 Å². The van der Waals surface area contributed by atoms with E-state index in [4.69, 9.17) is 14.2 Å². The second-order valence-electron chi connectivity index (χ2n) is 21.2. The van der Waals surface area contributed by atoms with Crippen molar-refractivity contribution in [3.63, 3.8) is 0 Å². The minimum absolute atomic E-state index is 0.0625. The van der Waals surface area contributed by atoms with Crippen LogP contribution in [-0.2, 0) is 28.6 Å². The molecule has 0 aromatic carbocycles. The van der Waals surface area contributed by atoms with Crippen LogP contribution in [0.25, 0.3) is 0 Å². The standard InChI is InChI=1S/C59H114O6/c1-6-7-8-9-10-11-12-13-15-19-24-29-34-39-44-49-57(60)63-52-56(53-64-58(61)50-45-40-35-30-26-21-23-28-33-38-43-48-55(4)5)65-59(62)51-46-41-36-31-25-20-17-14-16-18-22-27-32-37-42-47-54(2)3/h54-56H,6-53H2,1-5H3/t56-/m0/s1. The molecule has 0 bridgehead atoms. The maximum atomic E-state index is 12.9. The van der Waals surface area contributed by atoms with Crippen LogP contribution in [0.4, 0.5) is 0 Å². The minimum atomic E-state index is -0.763. The predicted octanol–water partition coefficient (Wildman–Crippen LogP) is 19.3. The van der Waals surface area contributed by atoms with Crippen LogP contribution in [0.3, 0.4) is 0 Å². The molecule has 0 radical (unpaired) electrons. The number of hydrogen-bond donors (Lipinski definition) is 0. The Labute approximate surface area is 406 Å². The van der Waals surface area contributed by atoms with Crippen LogP contribution in [0, 0.1) is 11.8 Å². The van der Waals surface area contributed by atoms with Gasteiger partial charge in [-0.3, -0.25) is 14.4 Å². The van der Waals surface area contributed by atoms with Crippen molar-refractivity contribution in [2.45, 2.75) is 336 Å². The van der Waals surface area contributed by atoms with Crippen molar-refractivity contribution in [1.82, 2.24) is 0 Å². The zero-order valence-corrected chi connectivity index (χ0v) is 44.6. The molecule has 0 aromatic heterocycles. The van der Waals surface area contributed by atoms with E-state index in [1.807, 2.05) is 0 Å². The Hall–Kier alpha value is -1.59. The fraction of sp³-hybridized carbons (Fsp3) is 0.949. The van der Waals surface area contributed by atoms with Crippen LogP contribution in [0.1, 0.15) is 330 Å². The molecule has 0 aliphatic carbocycles. The lowest BCUT2D eigenvalue weighted by molar-refractivity contribution is -0.167. The van der Waals surface area contributed by atoms with E-state index in [1.165, 1.54) is 218 Å². The zero-order valence-electron chi connectivity index (χ0n) is 44.6. The number of hydrogen-bond acceptors (Lipinski definition) is 6. The van der Waals surface area contributed by atoms with Gasteiger partial charge in [-0.1, -0.05) is 291 Å². The topological polar surface area (TPSA) is 78.9 Å². The van der Waals surface area contributed by atoms with E-state index in [9.17, 15) is 14.4 Å². The fourth-order valence-electron chi connectivity index (χ4n) is 9.05. The highest BCUT2D eigenvalue weighted by atomic mass is 16.6. The summed E-state index contributed by atoms with van der Waals surface area (Å²) in [5.74, 6) is 0.837. The molecule has 0 aliphatic heterocycles. The predicted molar refractivity (Wildman–Crippen MR) is 280 cm³/mol. The Morgan fingerprint density at radius 2 is 0.508 bits per heavy atom. The number of unbranched alkanes of at least 4 members (excludes halogenated alkanes) is 38. The van der Waals surface area contributed by atoms with E-state index in [0.717, 1.165) is 69.6 Å². The van der Waals surface area contributed by atoms with Crippen LogP contribution in [0.5, 0.6) is 0 Å². The van der Waals surface area contributed by atoms with E-state index >= 15 is 0 Å². The molecule has 0 N–H and O–H groups in total. The first-order valence-electron chi connectivity index (χ1n) is 29.2. The lowest BCUT2D eigenvalue weighted by Crippen LogP contribution is -2.30. The summed E-state index contributed by atoms with van der Waals surface area (Å²) in [6, 6.07) is 0. The van der Waals surface area contributed by atoms with Gasteiger partial charge in [-0.05, 0) is 31.1 Å². The highest BCUT2D eigenvalue weighted by Crippen LogP contribution is 2.18. The average Bonchev–Trinajstić information content (AvgIpc) is 3.28. The molecule has 0 aromatic rings. The number of carbonyl (C=O) groups is 3. The first-order valence-corrected chi connectivity index (χ1v) is 29.2. The highest BCUT2D eigenvalue weighted by molar-refractivity contribution is 5.71. The summed E-state index contributed by atoms with van der Waals surface area (Å²) in [4.78, 5) is 38.1. The lowest BCUT2D eigenvalue weighted by Gasteiger charge is -2.18. The molecule has 6 nitrogen and oxygen atoms in total. The largest absolute Gasteiger partial charge is 0.462 e. The summed E-state index contributed by atoms with van der Waals surface area (Å²) in [6.45, 7) is 11.4. The Balaban J connectivity index is 4.30. The van der Waals surface area contributed by atoms with E-state index in [2.05, 4.69) is 34.6 Å². The first kappa shape index (κ1) is 63.4. The molecule has 65 heavy (non-hydrogen) atoms. The summed E-state index contributed by atoms with van der Waals surface area (Å²) in [7, 11) is 0. The second kappa shape index (κ2) is 51.8. The minimum Gasteiger partial charge on any atom is -0.462 e. The van der Waals surface area contributed by atoms with Gasteiger partial charge in [-0.15, -0.1) is 0 Å². The monoisotopic (exact) mass is 919 g/mol. The van der Waals surface area contributed by atoms with Gasteiger partial charge in [0.1, 0.15) is 13.2 Å². The van der Waals surface area contributed by atoms with Gasteiger partial charge < -0.3 is 14.2 Å². The molecular formula is C59H114O6. The summed E-state index contributed by atoms with van der Waals surface area (Å²) < 4.78 is 16.9. The van der Waals surface area contributed by atoms with Gasteiger partial charge in [0.15, 0.2) is 6.10 Å². The molecular weight excluding hydrogens is 805 g/mol. The lowest BCUT2D eigenvalue weighted by atomic mass is 10.0. The van der Waals surface area contributed by atoms with Crippen molar-refractivity contribution in [3.05, 3.63) is 0 Å². The molecule has 0 saturated heterocycles. The SMILES string of the molecule is CCCCCCCCCCCCCCCCCC(=O)OC[C@@H](COC(=O)CCCCCCCCCCCCCC(C)C)OC(=O)CCCCCCCCCCCCCCCCCC(C)C. The van der Waals surface area contributed by atoms with Crippen LogP contribution in [0.15, 0.2) is 0 Å². The molecule has 0 aliphatic rings. The van der Waals surface area contributed by atoms with Crippen molar-refractivity contribution < 1.29 is 28.6 Å². The summed E-state index contributed by atoms with van der Waals surface area (Å²) in [6.07, 6.45) is 55.2. The average molecular weight is 920 g/mol. The number of rotatable bonds is 53. The van der Waals surface area contributed by atoms with E-state index in [-0.39, 0.29) is 31.1 Å². The van der Waals surface area contributed by atoms with Crippen LogP contribution >= 0.6 is 0 Å². The van der Waals surface area contributed by atoms with Crippen molar-refractivity contribution >= 4 is 17.9 Å². The van der Waals surface area contributed by atoms with Crippen molar-refractivity contribution in [2.75, 3.05) is 13.2 Å². The summed E-state index contributed by atoms with van der Waals surface area (Å²) >= 11 is 0. The number of esters is 3.